The van der Waals surface area contributed by atoms with Crippen molar-refractivity contribution in [2.45, 2.75) is 51.4 Å². The Morgan fingerprint density at radius 1 is 1.18 bits per heavy atom. The molecule has 2 aliphatic rings. The Balaban J connectivity index is 1.18. The first kappa shape index (κ1) is 22.0. The third kappa shape index (κ3) is 5.42. The lowest BCUT2D eigenvalue weighted by molar-refractivity contribution is -0.0596. The maximum Gasteiger partial charge on any atom is 0.317 e. The van der Waals surface area contributed by atoms with Gasteiger partial charge in [0.1, 0.15) is 18.2 Å². The van der Waals surface area contributed by atoms with Gasteiger partial charge in [-0.1, -0.05) is 23.7 Å². The zero-order chi connectivity index (χ0) is 22.6. The summed E-state index contributed by atoms with van der Waals surface area (Å²) in [6.45, 7) is 1.82. The van der Waals surface area contributed by atoms with Crippen LogP contribution in [0.4, 0.5) is 4.39 Å². The molecule has 1 fully saturated rings. The van der Waals surface area contributed by atoms with Crippen LogP contribution in [0.1, 0.15) is 42.8 Å². The fourth-order valence-corrected chi connectivity index (χ4v) is 4.44. The molecule has 2 atom stereocenters. The normalized spacial score (nSPS) is 20.2. The molecule has 3 aromatic rings. The summed E-state index contributed by atoms with van der Waals surface area (Å²) in [6, 6.07) is 6.65. The highest BCUT2D eigenvalue weighted by molar-refractivity contribution is 6.30. The molecule has 33 heavy (non-hydrogen) atoms. The zero-order valence-corrected chi connectivity index (χ0v) is 19.0. The van der Waals surface area contributed by atoms with E-state index < -0.39 is 5.82 Å². The van der Waals surface area contributed by atoms with E-state index in [0.29, 0.717) is 22.6 Å². The molecule has 1 aliphatic carbocycles. The molecule has 0 saturated carbocycles. The van der Waals surface area contributed by atoms with Crippen molar-refractivity contribution < 1.29 is 13.9 Å². The highest BCUT2D eigenvalue weighted by atomic mass is 35.5. The minimum Gasteiger partial charge on any atom is -0.458 e. The topological polar surface area (TPSA) is 62.1 Å². The van der Waals surface area contributed by atoms with E-state index in [1.807, 2.05) is 12.3 Å². The number of benzene rings is 1. The second kappa shape index (κ2) is 10.0. The van der Waals surface area contributed by atoms with Gasteiger partial charge in [-0.15, -0.1) is 0 Å². The molecule has 5 rings (SSSR count). The highest BCUT2D eigenvalue weighted by Gasteiger charge is 2.22. The van der Waals surface area contributed by atoms with Crippen molar-refractivity contribution in [2.24, 2.45) is 5.92 Å². The summed E-state index contributed by atoms with van der Waals surface area (Å²) in [7, 11) is 0. The van der Waals surface area contributed by atoms with Crippen molar-refractivity contribution in [2.75, 3.05) is 6.61 Å². The van der Waals surface area contributed by atoms with Crippen molar-refractivity contribution in [1.82, 2.24) is 19.5 Å². The zero-order valence-electron chi connectivity index (χ0n) is 18.3. The Labute approximate surface area is 197 Å². The number of aromatic nitrogens is 4. The van der Waals surface area contributed by atoms with E-state index in [-0.39, 0.29) is 12.6 Å². The van der Waals surface area contributed by atoms with Crippen molar-refractivity contribution in [3.8, 4) is 6.01 Å². The fourth-order valence-electron chi connectivity index (χ4n) is 4.28. The lowest BCUT2D eigenvalue weighted by Gasteiger charge is -2.28. The lowest BCUT2D eigenvalue weighted by Crippen LogP contribution is -2.31. The van der Waals surface area contributed by atoms with Crippen molar-refractivity contribution in [3.63, 3.8) is 0 Å². The van der Waals surface area contributed by atoms with Gasteiger partial charge >= 0.3 is 6.01 Å². The van der Waals surface area contributed by atoms with Crippen LogP contribution in [0.2, 0.25) is 5.02 Å². The second-order valence-electron chi connectivity index (χ2n) is 8.60. The maximum atomic E-state index is 14.0. The molecule has 1 aliphatic heterocycles. The van der Waals surface area contributed by atoms with Gasteiger partial charge < -0.3 is 14.0 Å². The van der Waals surface area contributed by atoms with E-state index in [2.05, 4.69) is 31.8 Å². The van der Waals surface area contributed by atoms with Gasteiger partial charge in [-0.3, -0.25) is 0 Å². The van der Waals surface area contributed by atoms with Gasteiger partial charge in [-0.25, -0.2) is 14.4 Å². The maximum absolute atomic E-state index is 14.0. The first-order chi connectivity index (χ1) is 16.1. The van der Waals surface area contributed by atoms with Crippen LogP contribution in [-0.4, -0.2) is 32.2 Å². The van der Waals surface area contributed by atoms with Gasteiger partial charge in [0, 0.05) is 42.2 Å². The Morgan fingerprint density at radius 2 is 2.09 bits per heavy atom. The van der Waals surface area contributed by atoms with Crippen LogP contribution in [0, 0.1) is 11.7 Å². The van der Waals surface area contributed by atoms with Crippen molar-refractivity contribution >= 4 is 17.2 Å². The minimum absolute atomic E-state index is 0.0477. The molecule has 1 saturated heterocycles. The average molecular weight is 469 g/mol. The average Bonchev–Trinajstić information content (AvgIpc) is 3.23. The number of hydrogen-bond acceptors (Lipinski definition) is 5. The highest BCUT2D eigenvalue weighted by Crippen LogP contribution is 2.31. The third-order valence-corrected chi connectivity index (χ3v) is 6.56. The predicted octanol–water partition coefficient (Wildman–Crippen LogP) is 5.26. The first-order valence-corrected chi connectivity index (χ1v) is 11.7. The van der Waals surface area contributed by atoms with Gasteiger partial charge in [0.2, 0.25) is 0 Å². The molecule has 3 heterocycles. The molecule has 8 heteroatoms. The van der Waals surface area contributed by atoms with Crippen LogP contribution in [-0.2, 0) is 24.3 Å². The van der Waals surface area contributed by atoms with Crippen LogP contribution >= 0.6 is 11.6 Å². The number of rotatable bonds is 8. The summed E-state index contributed by atoms with van der Waals surface area (Å²) >= 11 is 5.81. The van der Waals surface area contributed by atoms with Gasteiger partial charge in [0.15, 0.2) is 0 Å². The summed E-state index contributed by atoms with van der Waals surface area (Å²) in [5, 5.41) is 0.355. The SMILES string of the molecule is Fc1cc(Cl)ccc1COc1nccc(C2=CCC(Cc3nccn3C[C@@H]3CCO3)CC2)n1. The predicted molar refractivity (Wildman–Crippen MR) is 123 cm³/mol. The van der Waals surface area contributed by atoms with Gasteiger partial charge in [-0.2, -0.15) is 4.98 Å². The molecular weight excluding hydrogens is 443 g/mol. The standard InChI is InChI=1S/C25H26ClFN4O2/c26-20-6-5-19(22(27)14-20)16-33-25-29-9-7-23(30-25)18-3-1-17(2-4-18)13-24-28-10-11-31(24)15-21-8-12-32-21/h3,5-7,9-11,14,17,21H,1-2,4,8,12-13,15-16H2/t17?,21-/m0/s1. The number of nitrogens with zero attached hydrogens (tertiary/aromatic N) is 4. The summed E-state index contributed by atoms with van der Waals surface area (Å²) < 4.78 is 27.4. The molecule has 172 valence electrons. The first-order valence-electron chi connectivity index (χ1n) is 11.3. The van der Waals surface area contributed by atoms with Gasteiger partial charge in [0.05, 0.1) is 18.3 Å². The Hall–Kier alpha value is -2.77. The summed E-state index contributed by atoms with van der Waals surface area (Å²) in [5.41, 5.74) is 2.47. The third-order valence-electron chi connectivity index (χ3n) is 6.32. The molecule has 2 aromatic heterocycles. The smallest absolute Gasteiger partial charge is 0.317 e. The van der Waals surface area contributed by atoms with Gasteiger partial charge in [-0.05, 0) is 55.4 Å². The molecule has 1 unspecified atom stereocenters. The number of imidazole rings is 1. The monoisotopic (exact) mass is 468 g/mol. The van der Waals surface area contributed by atoms with Gasteiger partial charge in [0.25, 0.3) is 0 Å². The van der Waals surface area contributed by atoms with Crippen LogP contribution in [0.5, 0.6) is 6.01 Å². The molecule has 0 amide bonds. The van der Waals surface area contributed by atoms with Crippen LogP contribution in [0.3, 0.4) is 0 Å². The molecule has 6 nitrogen and oxygen atoms in total. The largest absolute Gasteiger partial charge is 0.458 e. The molecular formula is C25H26ClFN4O2. The number of allylic oxidation sites excluding steroid dienone is 2. The van der Waals surface area contributed by atoms with Crippen LogP contribution in [0.25, 0.3) is 5.57 Å². The van der Waals surface area contributed by atoms with Crippen LogP contribution < -0.4 is 4.74 Å². The van der Waals surface area contributed by atoms with E-state index in [1.165, 1.54) is 11.6 Å². The van der Waals surface area contributed by atoms with E-state index in [4.69, 9.17) is 21.1 Å². The van der Waals surface area contributed by atoms with Crippen molar-refractivity contribution in [3.05, 3.63) is 76.9 Å². The molecule has 0 N–H and O–H groups in total. The van der Waals surface area contributed by atoms with E-state index >= 15 is 0 Å². The van der Waals surface area contributed by atoms with Crippen molar-refractivity contribution in [1.29, 1.82) is 0 Å². The molecule has 0 radical (unpaired) electrons. The Bertz CT molecular complexity index is 1140. The van der Waals surface area contributed by atoms with E-state index in [9.17, 15) is 4.39 Å². The lowest BCUT2D eigenvalue weighted by atomic mass is 9.86. The Morgan fingerprint density at radius 3 is 2.85 bits per heavy atom. The molecule has 1 aromatic carbocycles. The van der Waals surface area contributed by atoms with E-state index in [1.54, 1.807) is 18.3 Å². The molecule has 0 spiro atoms. The summed E-state index contributed by atoms with van der Waals surface area (Å²) in [4.78, 5) is 13.3. The quantitative estimate of drug-likeness (QED) is 0.451. The second-order valence-corrected chi connectivity index (χ2v) is 9.04. The summed E-state index contributed by atoms with van der Waals surface area (Å²) in [5.74, 6) is 1.29. The minimum atomic E-state index is -0.402. The number of hydrogen-bond donors (Lipinski definition) is 0. The molecule has 0 bridgehead atoms. The van der Waals surface area contributed by atoms with Crippen LogP contribution in [0.15, 0.2) is 48.9 Å². The van der Waals surface area contributed by atoms with E-state index in [0.717, 1.165) is 56.8 Å². The summed E-state index contributed by atoms with van der Waals surface area (Å²) in [6.07, 6.45) is 13.3. The Kier molecular flexibility index (Phi) is 6.69. The number of halogens is 2. The fraction of sp³-hybridized carbons (Fsp3) is 0.400. The number of ether oxygens (including phenoxy) is 2.